The van der Waals surface area contributed by atoms with Crippen LogP contribution in [0.15, 0.2) is 0 Å². The first-order valence-corrected chi connectivity index (χ1v) is 9.97. The molecule has 1 atom stereocenters. The fraction of sp³-hybridized carbons (Fsp3) is 0.947. The van der Waals surface area contributed by atoms with Crippen molar-refractivity contribution in [1.82, 2.24) is 9.80 Å². The van der Waals surface area contributed by atoms with Crippen LogP contribution < -0.4 is 0 Å². The number of carbonyl (C=O) groups excluding carboxylic acids is 1. The van der Waals surface area contributed by atoms with Gasteiger partial charge >= 0.3 is 0 Å². The maximum atomic E-state index is 13.4. The second kappa shape index (κ2) is 10.4. The average Bonchev–Trinajstić information content (AvgIpc) is 2.63. The molecule has 2 rings (SSSR count). The summed E-state index contributed by atoms with van der Waals surface area (Å²) in [5.74, 6) is 0.204. The third-order valence-electron chi connectivity index (χ3n) is 5.87. The van der Waals surface area contributed by atoms with Crippen LogP contribution in [0, 0.1) is 0 Å². The van der Waals surface area contributed by atoms with E-state index in [9.17, 15) is 15.0 Å². The average molecular weight is 341 g/mol. The number of aliphatic hydroxyl groups excluding tert-OH is 2. The van der Waals surface area contributed by atoms with E-state index >= 15 is 0 Å². The van der Waals surface area contributed by atoms with Crippen LogP contribution in [0.5, 0.6) is 0 Å². The highest BCUT2D eigenvalue weighted by Gasteiger charge is 2.36. The molecule has 2 N–H and O–H groups in total. The first-order chi connectivity index (χ1) is 11.7. The van der Waals surface area contributed by atoms with Gasteiger partial charge in [0.05, 0.1) is 19.3 Å². The Hall–Kier alpha value is -0.650. The van der Waals surface area contributed by atoms with Crippen molar-refractivity contribution >= 4 is 5.91 Å². The van der Waals surface area contributed by atoms with Crippen molar-refractivity contribution in [3.05, 3.63) is 0 Å². The molecule has 0 bridgehead atoms. The molecule has 0 saturated heterocycles. The highest BCUT2D eigenvalue weighted by atomic mass is 16.3. The van der Waals surface area contributed by atoms with Crippen LogP contribution in [0.25, 0.3) is 0 Å². The molecular weight excluding hydrogens is 304 g/mol. The lowest BCUT2D eigenvalue weighted by Gasteiger charge is -2.44. The van der Waals surface area contributed by atoms with E-state index in [1.54, 1.807) is 0 Å². The first kappa shape index (κ1) is 19.7. The van der Waals surface area contributed by atoms with Crippen LogP contribution in [-0.2, 0) is 4.79 Å². The molecule has 5 nitrogen and oxygen atoms in total. The molecule has 2 aliphatic carbocycles. The molecule has 2 aliphatic rings. The molecule has 0 spiro atoms. The molecule has 0 heterocycles. The first-order valence-electron chi connectivity index (χ1n) is 9.97. The minimum Gasteiger partial charge on any atom is -0.395 e. The lowest BCUT2D eigenvalue weighted by molar-refractivity contribution is -0.143. The van der Waals surface area contributed by atoms with Gasteiger partial charge in [-0.1, -0.05) is 38.5 Å². The summed E-state index contributed by atoms with van der Waals surface area (Å²) in [6.07, 6.45) is 12.0. The summed E-state index contributed by atoms with van der Waals surface area (Å²) < 4.78 is 0. The molecule has 24 heavy (non-hydrogen) atoms. The van der Waals surface area contributed by atoms with Gasteiger partial charge in [0.2, 0.25) is 5.91 Å². The zero-order chi connectivity index (χ0) is 17.4. The highest BCUT2D eigenvalue weighted by molar-refractivity contribution is 5.82. The van der Waals surface area contributed by atoms with Gasteiger partial charge in [0.25, 0.3) is 0 Å². The van der Waals surface area contributed by atoms with E-state index in [2.05, 4.69) is 4.90 Å². The van der Waals surface area contributed by atoms with E-state index in [1.165, 1.54) is 38.5 Å². The van der Waals surface area contributed by atoms with Gasteiger partial charge in [0, 0.05) is 25.2 Å². The van der Waals surface area contributed by atoms with Crippen molar-refractivity contribution in [2.75, 3.05) is 26.3 Å². The number of hydrogen-bond donors (Lipinski definition) is 2. The van der Waals surface area contributed by atoms with Gasteiger partial charge in [-0.2, -0.15) is 0 Å². The van der Waals surface area contributed by atoms with E-state index in [4.69, 9.17) is 0 Å². The van der Waals surface area contributed by atoms with Crippen molar-refractivity contribution < 1.29 is 15.0 Å². The van der Waals surface area contributed by atoms with E-state index in [-0.39, 0.29) is 25.2 Å². The summed E-state index contributed by atoms with van der Waals surface area (Å²) in [5, 5.41) is 18.6. The van der Waals surface area contributed by atoms with E-state index in [0.29, 0.717) is 25.2 Å². The molecule has 1 amide bonds. The Bertz CT molecular complexity index is 342. The molecule has 2 fully saturated rings. The van der Waals surface area contributed by atoms with Crippen molar-refractivity contribution in [3.8, 4) is 0 Å². The van der Waals surface area contributed by atoms with Gasteiger partial charge in [-0.25, -0.2) is 0 Å². The van der Waals surface area contributed by atoms with Gasteiger partial charge in [0.1, 0.15) is 0 Å². The normalized spacial score (nSPS) is 21.8. The van der Waals surface area contributed by atoms with Gasteiger partial charge in [-0.3, -0.25) is 9.69 Å². The van der Waals surface area contributed by atoms with Crippen LogP contribution >= 0.6 is 0 Å². The van der Waals surface area contributed by atoms with Crippen LogP contribution in [0.4, 0.5) is 0 Å². The Balaban J connectivity index is 2.12. The second-order valence-electron chi connectivity index (χ2n) is 7.49. The molecule has 5 heteroatoms. The third-order valence-corrected chi connectivity index (χ3v) is 5.87. The maximum absolute atomic E-state index is 13.4. The third kappa shape index (κ3) is 5.17. The Morgan fingerprint density at radius 1 is 0.875 bits per heavy atom. The zero-order valence-electron chi connectivity index (χ0n) is 15.3. The zero-order valence-corrected chi connectivity index (χ0v) is 15.3. The summed E-state index contributed by atoms with van der Waals surface area (Å²) in [7, 11) is 0. The van der Waals surface area contributed by atoms with Gasteiger partial charge in [-0.05, 0) is 32.6 Å². The lowest BCUT2D eigenvalue weighted by Crippen LogP contribution is -2.56. The molecule has 140 valence electrons. The molecular formula is C19H36N2O3. The van der Waals surface area contributed by atoms with Gasteiger partial charge in [0.15, 0.2) is 0 Å². The number of carbonyl (C=O) groups is 1. The Kier molecular flexibility index (Phi) is 8.50. The van der Waals surface area contributed by atoms with Gasteiger partial charge in [-0.15, -0.1) is 0 Å². The Morgan fingerprint density at radius 3 is 1.67 bits per heavy atom. The van der Waals surface area contributed by atoms with E-state index in [1.807, 2.05) is 11.8 Å². The molecule has 2 saturated carbocycles. The Morgan fingerprint density at radius 2 is 1.29 bits per heavy atom. The predicted molar refractivity (Wildman–Crippen MR) is 95.8 cm³/mol. The largest absolute Gasteiger partial charge is 0.395 e. The topological polar surface area (TPSA) is 64.0 Å². The maximum Gasteiger partial charge on any atom is 0.240 e. The van der Waals surface area contributed by atoms with Crippen molar-refractivity contribution in [2.45, 2.75) is 89.3 Å². The van der Waals surface area contributed by atoms with Crippen LogP contribution in [0.3, 0.4) is 0 Å². The fourth-order valence-electron chi connectivity index (χ4n) is 4.50. The fourth-order valence-corrected chi connectivity index (χ4v) is 4.50. The number of hydrogen-bond acceptors (Lipinski definition) is 4. The second-order valence-corrected chi connectivity index (χ2v) is 7.49. The molecule has 0 aromatic carbocycles. The highest BCUT2D eigenvalue weighted by Crippen LogP contribution is 2.31. The van der Waals surface area contributed by atoms with E-state index < -0.39 is 0 Å². The summed E-state index contributed by atoms with van der Waals surface area (Å²) in [5.41, 5.74) is 0. The van der Waals surface area contributed by atoms with Crippen LogP contribution in [0.2, 0.25) is 0 Å². The lowest BCUT2D eigenvalue weighted by atomic mass is 9.88. The number of rotatable bonds is 8. The molecule has 0 aromatic rings. The molecule has 0 aliphatic heterocycles. The van der Waals surface area contributed by atoms with Crippen molar-refractivity contribution in [1.29, 1.82) is 0 Å². The predicted octanol–water partition coefficient (Wildman–Crippen LogP) is 2.16. The smallest absolute Gasteiger partial charge is 0.240 e. The number of amides is 1. The summed E-state index contributed by atoms with van der Waals surface area (Å²) >= 11 is 0. The molecule has 0 aromatic heterocycles. The summed E-state index contributed by atoms with van der Waals surface area (Å²) in [6.45, 7) is 2.86. The number of nitrogens with zero attached hydrogens (tertiary/aromatic N) is 2. The minimum absolute atomic E-state index is 0.0183. The standard InChI is InChI=1S/C19H36N2O3/c1-16(20(12-14-22)13-15-23)19(24)21(17-8-4-2-5-9-17)18-10-6-3-7-11-18/h16-18,22-23H,2-15H2,1H3/t16-/m0/s1. The SMILES string of the molecule is C[C@@H](C(=O)N(C1CCCCC1)C1CCCCC1)N(CCO)CCO. The molecule has 0 radical (unpaired) electrons. The molecule has 0 unspecified atom stereocenters. The monoisotopic (exact) mass is 340 g/mol. The summed E-state index contributed by atoms with van der Waals surface area (Å²) in [4.78, 5) is 17.5. The Labute approximate surface area is 147 Å². The van der Waals surface area contributed by atoms with Crippen LogP contribution in [0.1, 0.15) is 71.1 Å². The van der Waals surface area contributed by atoms with Crippen LogP contribution in [-0.4, -0.2) is 70.3 Å². The van der Waals surface area contributed by atoms with Gasteiger partial charge < -0.3 is 15.1 Å². The van der Waals surface area contributed by atoms with Crippen molar-refractivity contribution in [2.24, 2.45) is 0 Å². The number of aliphatic hydroxyl groups is 2. The minimum atomic E-state index is -0.270. The summed E-state index contributed by atoms with van der Waals surface area (Å²) in [6, 6.07) is 0.511. The van der Waals surface area contributed by atoms with Crippen molar-refractivity contribution in [3.63, 3.8) is 0 Å². The van der Waals surface area contributed by atoms with E-state index in [0.717, 1.165) is 25.7 Å². The quantitative estimate of drug-likeness (QED) is 0.711.